The molecule has 2 radical (unpaired) electrons. The van der Waals surface area contributed by atoms with Crippen molar-refractivity contribution in [2.45, 2.75) is 0 Å². The maximum atomic E-state index is 11.0. The van der Waals surface area contributed by atoms with Crippen LogP contribution in [-0.2, 0) is 0 Å². The van der Waals surface area contributed by atoms with Gasteiger partial charge in [0, 0.05) is 43.1 Å². The van der Waals surface area contributed by atoms with Gasteiger partial charge >= 0.3 is 11.9 Å². The predicted molar refractivity (Wildman–Crippen MR) is 69.4 cm³/mol. The molecule has 0 spiro atoms. The summed E-state index contributed by atoms with van der Waals surface area (Å²) in [5, 5.41) is 18.9. The van der Waals surface area contributed by atoms with Crippen molar-refractivity contribution in [2.75, 3.05) is 0 Å². The molecule has 0 aliphatic heterocycles. The minimum Gasteiger partial charge on any atom is -0.478 e. The summed E-state index contributed by atoms with van der Waals surface area (Å²) in [6, 6.07) is 9.37. The van der Waals surface area contributed by atoms with Gasteiger partial charge < -0.3 is 10.2 Å². The number of carboxylic acid groups (broad SMARTS) is 2. The van der Waals surface area contributed by atoms with E-state index in [0.29, 0.717) is 5.39 Å². The summed E-state index contributed by atoms with van der Waals surface area (Å²) < 4.78 is 0. The molecular formula is C12H8Li2O4. The molecule has 0 heterocycles. The van der Waals surface area contributed by atoms with E-state index in [0.717, 1.165) is 0 Å². The largest absolute Gasteiger partial charge is 0.478 e. The molecule has 0 saturated heterocycles. The van der Waals surface area contributed by atoms with Crippen LogP contribution in [0.2, 0.25) is 0 Å². The summed E-state index contributed by atoms with van der Waals surface area (Å²) in [7, 11) is 0. The first-order chi connectivity index (χ1) is 7.61. The van der Waals surface area contributed by atoms with Crippen LogP contribution in [0.1, 0.15) is 20.7 Å². The molecule has 0 saturated carbocycles. The molecule has 0 atom stereocenters. The molecule has 2 N–H and O–H groups in total. The van der Waals surface area contributed by atoms with Crippen LogP contribution < -0.4 is 0 Å². The Hall–Kier alpha value is -1.17. The Labute approximate surface area is 127 Å². The van der Waals surface area contributed by atoms with Gasteiger partial charge in [-0.05, 0) is 17.5 Å². The van der Waals surface area contributed by atoms with Gasteiger partial charge in [-0.1, -0.05) is 24.3 Å². The van der Waals surface area contributed by atoms with Crippen molar-refractivity contribution < 1.29 is 19.8 Å². The van der Waals surface area contributed by atoms with Crippen molar-refractivity contribution in [1.82, 2.24) is 0 Å². The Bertz CT molecular complexity index is 547. The summed E-state index contributed by atoms with van der Waals surface area (Å²) >= 11 is 0. The second-order valence-electron chi connectivity index (χ2n) is 3.32. The van der Waals surface area contributed by atoms with Gasteiger partial charge in [-0.15, -0.1) is 0 Å². The number of hydrogen-bond acceptors (Lipinski definition) is 2. The fraction of sp³-hybridized carbons (Fsp3) is 0. The molecule has 0 aliphatic carbocycles. The summed E-state index contributed by atoms with van der Waals surface area (Å²) in [5.74, 6) is -2.25. The molecule has 0 unspecified atom stereocenters. The summed E-state index contributed by atoms with van der Waals surface area (Å²) in [6.07, 6.45) is 0. The first kappa shape index (κ1) is 16.8. The van der Waals surface area contributed by atoms with E-state index in [4.69, 9.17) is 10.2 Å². The van der Waals surface area contributed by atoms with Crippen molar-refractivity contribution in [3.05, 3.63) is 47.5 Å². The van der Waals surface area contributed by atoms with E-state index in [1.54, 1.807) is 24.3 Å². The van der Waals surface area contributed by atoms with E-state index in [1.807, 2.05) is 0 Å². The first-order valence-corrected chi connectivity index (χ1v) is 4.59. The van der Waals surface area contributed by atoms with Gasteiger partial charge in [0.2, 0.25) is 0 Å². The van der Waals surface area contributed by atoms with Crippen LogP contribution >= 0.6 is 0 Å². The van der Waals surface area contributed by atoms with Gasteiger partial charge in [-0.2, -0.15) is 0 Å². The molecule has 0 aromatic heterocycles. The molecule has 82 valence electrons. The summed E-state index contributed by atoms with van der Waals surface area (Å²) in [5.41, 5.74) is 0.0194. The number of hydrogen-bond donors (Lipinski definition) is 2. The molecule has 18 heavy (non-hydrogen) atoms. The van der Waals surface area contributed by atoms with Crippen LogP contribution in [0.3, 0.4) is 0 Å². The van der Waals surface area contributed by atoms with E-state index in [1.165, 1.54) is 12.1 Å². The molecule has 0 fully saturated rings. The third kappa shape index (κ3) is 2.99. The number of benzene rings is 2. The third-order valence-electron chi connectivity index (χ3n) is 2.37. The molecule has 2 aromatic rings. The van der Waals surface area contributed by atoms with Gasteiger partial charge in [0.1, 0.15) is 0 Å². The average Bonchev–Trinajstić information content (AvgIpc) is 2.27. The number of fused-ring (bicyclic) bond motifs is 1. The van der Waals surface area contributed by atoms with Crippen molar-refractivity contribution in [1.29, 1.82) is 0 Å². The Balaban J connectivity index is 0.00000144. The molecule has 4 nitrogen and oxygen atoms in total. The number of carboxylic acids is 2. The van der Waals surface area contributed by atoms with Crippen LogP contribution in [0.5, 0.6) is 0 Å². The van der Waals surface area contributed by atoms with Gasteiger partial charge in [0.05, 0.1) is 11.1 Å². The normalized spacial score (nSPS) is 9.11. The Morgan fingerprint density at radius 1 is 0.778 bits per heavy atom. The molecule has 0 amide bonds. The molecule has 0 bridgehead atoms. The van der Waals surface area contributed by atoms with Crippen LogP contribution in [0, 0.1) is 0 Å². The fourth-order valence-electron chi connectivity index (χ4n) is 1.70. The zero-order valence-electron chi connectivity index (χ0n) is 10.2. The van der Waals surface area contributed by atoms with E-state index in [2.05, 4.69) is 0 Å². The number of aromatic carboxylic acids is 2. The molecule has 6 heteroatoms. The van der Waals surface area contributed by atoms with Gasteiger partial charge in [0.15, 0.2) is 0 Å². The van der Waals surface area contributed by atoms with Gasteiger partial charge in [0.25, 0.3) is 0 Å². The third-order valence-corrected chi connectivity index (χ3v) is 2.37. The number of rotatable bonds is 2. The van der Waals surface area contributed by atoms with Crippen molar-refractivity contribution in [3.8, 4) is 0 Å². The van der Waals surface area contributed by atoms with E-state index < -0.39 is 11.9 Å². The van der Waals surface area contributed by atoms with Crippen molar-refractivity contribution >= 4 is 60.4 Å². The monoisotopic (exact) mass is 230 g/mol. The molecule has 0 aliphatic rings. The second kappa shape index (κ2) is 6.68. The van der Waals surface area contributed by atoms with Crippen LogP contribution in [0.15, 0.2) is 36.4 Å². The Morgan fingerprint density at radius 3 is 1.50 bits per heavy atom. The molecular weight excluding hydrogens is 222 g/mol. The fourth-order valence-corrected chi connectivity index (χ4v) is 1.70. The van der Waals surface area contributed by atoms with Crippen LogP contribution in [0.25, 0.3) is 10.8 Å². The molecule has 2 aromatic carbocycles. The second-order valence-corrected chi connectivity index (χ2v) is 3.32. The minimum absolute atomic E-state index is 0. The number of carbonyl (C=O) groups is 2. The maximum Gasteiger partial charge on any atom is 0.336 e. The SMILES string of the molecule is O=C(O)c1cccc2cccc(C(=O)O)c12.[Li].[Li]. The Kier molecular flexibility index (Phi) is 6.25. The average molecular weight is 230 g/mol. The van der Waals surface area contributed by atoms with Gasteiger partial charge in [-0.25, -0.2) is 9.59 Å². The van der Waals surface area contributed by atoms with E-state index in [-0.39, 0.29) is 54.2 Å². The predicted octanol–water partition coefficient (Wildman–Crippen LogP) is 1.47. The first-order valence-electron chi connectivity index (χ1n) is 4.59. The Morgan fingerprint density at radius 2 is 1.17 bits per heavy atom. The maximum absolute atomic E-state index is 11.0. The summed E-state index contributed by atoms with van der Waals surface area (Å²) in [4.78, 5) is 22.0. The quantitative estimate of drug-likeness (QED) is 0.766. The van der Waals surface area contributed by atoms with E-state index >= 15 is 0 Å². The van der Waals surface area contributed by atoms with Crippen LogP contribution in [-0.4, -0.2) is 59.9 Å². The van der Waals surface area contributed by atoms with E-state index in [9.17, 15) is 9.59 Å². The summed E-state index contributed by atoms with van der Waals surface area (Å²) in [6.45, 7) is 0. The molecule has 2 rings (SSSR count). The smallest absolute Gasteiger partial charge is 0.336 e. The topological polar surface area (TPSA) is 74.6 Å². The standard InChI is InChI=1S/C12H8O4.2Li/c13-11(14)8-5-1-3-7-4-2-6-9(10(7)8)12(15)16;;/h1-6H,(H,13,14)(H,15,16);;. The van der Waals surface area contributed by atoms with Crippen LogP contribution in [0.4, 0.5) is 0 Å². The zero-order valence-corrected chi connectivity index (χ0v) is 10.2. The van der Waals surface area contributed by atoms with Crippen molar-refractivity contribution in [3.63, 3.8) is 0 Å². The zero-order chi connectivity index (χ0) is 11.7. The van der Waals surface area contributed by atoms with Gasteiger partial charge in [-0.3, -0.25) is 0 Å². The van der Waals surface area contributed by atoms with Crippen molar-refractivity contribution in [2.24, 2.45) is 0 Å². The minimum atomic E-state index is -1.13.